The van der Waals surface area contributed by atoms with E-state index in [-0.39, 0.29) is 12.5 Å². The van der Waals surface area contributed by atoms with E-state index < -0.39 is 12.1 Å². The van der Waals surface area contributed by atoms with Crippen LogP contribution in [0.4, 0.5) is 0 Å². The van der Waals surface area contributed by atoms with Gasteiger partial charge in [0.15, 0.2) is 0 Å². The van der Waals surface area contributed by atoms with Gasteiger partial charge in [0.25, 0.3) is 0 Å². The molecule has 0 aromatic rings. The Morgan fingerprint density at radius 2 is 1.68 bits per heavy atom. The van der Waals surface area contributed by atoms with Crippen molar-refractivity contribution in [3.8, 4) is 0 Å². The second kappa shape index (κ2) is 12.4. The highest BCUT2D eigenvalue weighted by atomic mass is 16.3. The molecule has 0 aliphatic rings. The molecular weight excluding hydrogens is 242 g/mol. The summed E-state index contributed by atoms with van der Waals surface area (Å²) in [6.07, 6.45) is 7.81. The molecule has 4 heteroatoms. The van der Waals surface area contributed by atoms with E-state index in [9.17, 15) is 15.0 Å². The summed E-state index contributed by atoms with van der Waals surface area (Å²) in [7, 11) is 0. The number of aliphatic hydroxyl groups is 2. The van der Waals surface area contributed by atoms with Gasteiger partial charge in [-0.1, -0.05) is 52.4 Å². The smallest absolute Gasteiger partial charge is 0.220 e. The molecule has 0 spiro atoms. The number of carbonyl (C=O) groups excluding carboxylic acids is 1. The Kier molecular flexibility index (Phi) is 12.0. The van der Waals surface area contributed by atoms with Crippen molar-refractivity contribution in [3.05, 3.63) is 0 Å². The molecule has 3 N–H and O–H groups in total. The molecule has 0 rings (SSSR count). The van der Waals surface area contributed by atoms with Crippen molar-refractivity contribution in [3.63, 3.8) is 0 Å². The summed E-state index contributed by atoms with van der Waals surface area (Å²) < 4.78 is 0. The van der Waals surface area contributed by atoms with Crippen molar-refractivity contribution < 1.29 is 15.0 Å². The minimum Gasteiger partial charge on any atom is -0.394 e. The number of hydrogen-bond donors (Lipinski definition) is 3. The Morgan fingerprint density at radius 3 is 2.26 bits per heavy atom. The molecule has 0 fully saturated rings. The van der Waals surface area contributed by atoms with E-state index in [1.54, 1.807) is 0 Å². The topological polar surface area (TPSA) is 69.6 Å². The maximum atomic E-state index is 11.7. The summed E-state index contributed by atoms with van der Waals surface area (Å²) in [5.41, 5.74) is 0. The molecule has 2 unspecified atom stereocenters. The van der Waals surface area contributed by atoms with E-state index in [0.29, 0.717) is 12.8 Å². The fraction of sp³-hybridized carbons (Fsp3) is 0.933. The van der Waals surface area contributed by atoms with Crippen molar-refractivity contribution in [2.24, 2.45) is 0 Å². The summed E-state index contributed by atoms with van der Waals surface area (Å²) >= 11 is 0. The number of nitrogens with one attached hydrogen (secondary N) is 1. The minimum absolute atomic E-state index is 0.0651. The molecule has 0 aliphatic carbocycles. The number of aliphatic hydroxyl groups excluding tert-OH is 2. The van der Waals surface area contributed by atoms with Crippen LogP contribution in [0.1, 0.15) is 71.6 Å². The molecule has 0 aromatic carbocycles. The highest BCUT2D eigenvalue weighted by Gasteiger charge is 2.19. The van der Waals surface area contributed by atoms with E-state index in [1.165, 1.54) is 0 Å². The minimum atomic E-state index is -0.642. The van der Waals surface area contributed by atoms with E-state index in [2.05, 4.69) is 19.2 Å². The molecule has 2 atom stereocenters. The second-order valence-corrected chi connectivity index (χ2v) is 5.23. The molecule has 0 aliphatic heterocycles. The third-order valence-corrected chi connectivity index (χ3v) is 3.37. The number of amides is 1. The van der Waals surface area contributed by atoms with Gasteiger partial charge in [-0.3, -0.25) is 4.79 Å². The first-order chi connectivity index (χ1) is 9.15. The van der Waals surface area contributed by atoms with Gasteiger partial charge in [-0.25, -0.2) is 0 Å². The molecular formula is C15H31NO3. The van der Waals surface area contributed by atoms with Gasteiger partial charge in [-0.15, -0.1) is 0 Å². The van der Waals surface area contributed by atoms with Crippen molar-refractivity contribution in [1.82, 2.24) is 5.32 Å². The number of unbranched alkanes of at least 4 members (excludes halogenated alkanes) is 5. The zero-order valence-corrected chi connectivity index (χ0v) is 12.5. The average Bonchev–Trinajstić information content (AvgIpc) is 2.41. The first-order valence-corrected chi connectivity index (χ1v) is 7.73. The van der Waals surface area contributed by atoms with Gasteiger partial charge in [-0.2, -0.15) is 0 Å². The third kappa shape index (κ3) is 9.91. The van der Waals surface area contributed by atoms with E-state index in [0.717, 1.165) is 44.9 Å². The number of hydrogen-bond acceptors (Lipinski definition) is 3. The normalized spacial score (nSPS) is 14.1. The maximum absolute atomic E-state index is 11.7. The summed E-state index contributed by atoms with van der Waals surface area (Å²) in [4.78, 5) is 11.7. The van der Waals surface area contributed by atoms with Gasteiger partial charge in [0, 0.05) is 6.42 Å². The molecule has 4 nitrogen and oxygen atoms in total. The van der Waals surface area contributed by atoms with Crippen LogP contribution < -0.4 is 5.32 Å². The SMILES string of the molecule is CCCCCCC(=O)NC(CO)C(O)CCCCC. The lowest BCUT2D eigenvalue weighted by molar-refractivity contribution is -0.123. The van der Waals surface area contributed by atoms with E-state index in [4.69, 9.17) is 0 Å². The van der Waals surface area contributed by atoms with E-state index >= 15 is 0 Å². The quantitative estimate of drug-likeness (QED) is 0.478. The van der Waals surface area contributed by atoms with Crippen LogP contribution in [0.25, 0.3) is 0 Å². The van der Waals surface area contributed by atoms with Crippen molar-refractivity contribution >= 4 is 5.91 Å². The molecule has 0 aromatic heterocycles. The molecule has 114 valence electrons. The Bertz CT molecular complexity index is 221. The largest absolute Gasteiger partial charge is 0.394 e. The monoisotopic (exact) mass is 273 g/mol. The van der Waals surface area contributed by atoms with Crippen LogP contribution in [0.5, 0.6) is 0 Å². The van der Waals surface area contributed by atoms with Crippen LogP contribution in [0.3, 0.4) is 0 Å². The lowest BCUT2D eigenvalue weighted by Crippen LogP contribution is -2.45. The summed E-state index contributed by atoms with van der Waals surface area (Å²) in [6, 6.07) is -0.518. The molecule has 0 saturated heterocycles. The van der Waals surface area contributed by atoms with Gasteiger partial charge in [0.1, 0.15) is 0 Å². The van der Waals surface area contributed by atoms with Crippen LogP contribution in [0.15, 0.2) is 0 Å². The summed E-state index contributed by atoms with van der Waals surface area (Å²) in [5.74, 6) is -0.0651. The maximum Gasteiger partial charge on any atom is 0.220 e. The van der Waals surface area contributed by atoms with Gasteiger partial charge in [0.2, 0.25) is 5.91 Å². The number of carbonyl (C=O) groups is 1. The van der Waals surface area contributed by atoms with Gasteiger partial charge >= 0.3 is 0 Å². The molecule has 19 heavy (non-hydrogen) atoms. The highest BCUT2D eigenvalue weighted by Crippen LogP contribution is 2.08. The van der Waals surface area contributed by atoms with Crippen LogP contribution in [-0.2, 0) is 4.79 Å². The van der Waals surface area contributed by atoms with Crippen LogP contribution >= 0.6 is 0 Å². The Balaban J connectivity index is 3.85. The second-order valence-electron chi connectivity index (χ2n) is 5.23. The summed E-state index contributed by atoms with van der Waals surface area (Å²) in [6.45, 7) is 4.04. The van der Waals surface area contributed by atoms with Gasteiger partial charge < -0.3 is 15.5 Å². The van der Waals surface area contributed by atoms with Crippen LogP contribution in [0, 0.1) is 0 Å². The zero-order chi connectivity index (χ0) is 14.5. The first kappa shape index (κ1) is 18.4. The third-order valence-electron chi connectivity index (χ3n) is 3.37. The lowest BCUT2D eigenvalue weighted by Gasteiger charge is -2.22. The van der Waals surface area contributed by atoms with Crippen molar-refractivity contribution in [2.75, 3.05) is 6.61 Å². The fourth-order valence-electron chi connectivity index (χ4n) is 2.06. The van der Waals surface area contributed by atoms with Crippen molar-refractivity contribution in [1.29, 1.82) is 0 Å². The molecule has 0 heterocycles. The molecule has 0 radical (unpaired) electrons. The lowest BCUT2D eigenvalue weighted by atomic mass is 10.0. The van der Waals surface area contributed by atoms with E-state index in [1.807, 2.05) is 0 Å². The number of rotatable bonds is 12. The average molecular weight is 273 g/mol. The Labute approximate surface area is 117 Å². The Morgan fingerprint density at radius 1 is 1.05 bits per heavy atom. The predicted molar refractivity (Wildman–Crippen MR) is 77.9 cm³/mol. The Hall–Kier alpha value is -0.610. The van der Waals surface area contributed by atoms with Gasteiger partial charge in [-0.05, 0) is 12.8 Å². The first-order valence-electron chi connectivity index (χ1n) is 7.73. The fourth-order valence-corrected chi connectivity index (χ4v) is 2.06. The highest BCUT2D eigenvalue weighted by molar-refractivity contribution is 5.76. The summed E-state index contributed by atoms with van der Waals surface area (Å²) in [5, 5.41) is 21.9. The zero-order valence-electron chi connectivity index (χ0n) is 12.5. The molecule has 0 bridgehead atoms. The molecule has 0 saturated carbocycles. The van der Waals surface area contributed by atoms with Crippen LogP contribution in [-0.4, -0.2) is 34.9 Å². The molecule has 1 amide bonds. The predicted octanol–water partition coefficient (Wildman–Crippen LogP) is 2.38. The standard InChI is InChI=1S/C15H31NO3/c1-3-5-7-9-11-15(19)16-13(12-17)14(18)10-8-6-4-2/h13-14,17-18H,3-12H2,1-2H3,(H,16,19). The van der Waals surface area contributed by atoms with Crippen LogP contribution in [0.2, 0.25) is 0 Å². The van der Waals surface area contributed by atoms with Crippen molar-refractivity contribution in [2.45, 2.75) is 83.8 Å². The van der Waals surface area contributed by atoms with Gasteiger partial charge in [0.05, 0.1) is 18.8 Å².